The Balaban J connectivity index is 2.16. The molecule has 0 radical (unpaired) electrons. The van der Waals surface area contributed by atoms with Crippen molar-refractivity contribution < 1.29 is 23.8 Å². The summed E-state index contributed by atoms with van der Waals surface area (Å²) in [5, 5.41) is 12.2. The van der Waals surface area contributed by atoms with Gasteiger partial charge in [0, 0.05) is 36.1 Å². The van der Waals surface area contributed by atoms with Gasteiger partial charge in [-0.2, -0.15) is 0 Å². The molecular weight excluding hydrogens is 310 g/mol. The molecule has 6 heteroatoms. The minimum atomic E-state index is -0.871. The molecule has 0 saturated heterocycles. The Bertz CT molecular complexity index is 788. The standard InChI is InChI=1S/C18H21NO5/c1-11(7-17(20)19-6-4-5-18(21)22)13-8-14-12(2)10-24-16(14)9-15(13)23-3/h7-10H,4-6H2,1-3H3,(H,19,20)(H,21,22)/b11-7+. The number of fused-ring (bicyclic) bond motifs is 1. The van der Waals surface area contributed by atoms with Gasteiger partial charge in [-0.25, -0.2) is 0 Å². The maximum Gasteiger partial charge on any atom is 0.303 e. The fourth-order valence-corrected chi connectivity index (χ4v) is 2.44. The Kier molecular flexibility index (Phi) is 5.63. The molecule has 0 aliphatic carbocycles. The normalized spacial score (nSPS) is 11.5. The van der Waals surface area contributed by atoms with Crippen molar-refractivity contribution >= 4 is 28.4 Å². The minimum Gasteiger partial charge on any atom is -0.496 e. The average molecular weight is 331 g/mol. The number of ether oxygens (including phenoxy) is 1. The number of methoxy groups -OCH3 is 1. The minimum absolute atomic E-state index is 0.0350. The molecule has 0 aliphatic rings. The molecule has 1 aromatic heterocycles. The van der Waals surface area contributed by atoms with Crippen molar-refractivity contribution in [3.63, 3.8) is 0 Å². The van der Waals surface area contributed by atoms with Crippen molar-refractivity contribution in [2.24, 2.45) is 0 Å². The van der Waals surface area contributed by atoms with E-state index in [-0.39, 0.29) is 12.3 Å². The predicted molar refractivity (Wildman–Crippen MR) is 91.0 cm³/mol. The number of benzene rings is 1. The van der Waals surface area contributed by atoms with Crippen LogP contribution in [0.2, 0.25) is 0 Å². The highest BCUT2D eigenvalue weighted by atomic mass is 16.5. The zero-order valence-electron chi connectivity index (χ0n) is 14.0. The molecule has 0 aliphatic heterocycles. The summed E-state index contributed by atoms with van der Waals surface area (Å²) in [5.41, 5.74) is 3.32. The van der Waals surface area contributed by atoms with Gasteiger partial charge in [0.15, 0.2) is 0 Å². The summed E-state index contributed by atoms with van der Waals surface area (Å²) < 4.78 is 10.9. The molecule has 0 fully saturated rings. The van der Waals surface area contributed by atoms with Gasteiger partial charge in [0.25, 0.3) is 0 Å². The Hall–Kier alpha value is -2.76. The number of hydrogen-bond donors (Lipinski definition) is 2. The van der Waals surface area contributed by atoms with Crippen LogP contribution in [0.25, 0.3) is 16.5 Å². The first-order valence-corrected chi connectivity index (χ1v) is 7.66. The fourth-order valence-electron chi connectivity index (χ4n) is 2.44. The third-order valence-electron chi connectivity index (χ3n) is 3.73. The molecule has 0 unspecified atom stereocenters. The van der Waals surface area contributed by atoms with Crippen LogP contribution < -0.4 is 10.1 Å². The number of carbonyl (C=O) groups is 2. The first kappa shape index (κ1) is 17.6. The highest BCUT2D eigenvalue weighted by molar-refractivity contribution is 5.97. The number of furan rings is 1. The van der Waals surface area contributed by atoms with Gasteiger partial charge in [0.2, 0.25) is 5.91 Å². The first-order valence-electron chi connectivity index (χ1n) is 7.66. The number of hydrogen-bond acceptors (Lipinski definition) is 4. The summed E-state index contributed by atoms with van der Waals surface area (Å²) in [4.78, 5) is 22.4. The Morgan fingerprint density at radius 3 is 2.79 bits per heavy atom. The van der Waals surface area contributed by atoms with E-state index >= 15 is 0 Å². The van der Waals surface area contributed by atoms with E-state index in [1.807, 2.05) is 19.9 Å². The molecule has 2 N–H and O–H groups in total. The summed E-state index contributed by atoms with van der Waals surface area (Å²) in [6, 6.07) is 3.75. The van der Waals surface area contributed by atoms with Gasteiger partial charge in [-0.15, -0.1) is 0 Å². The molecule has 0 saturated carbocycles. The largest absolute Gasteiger partial charge is 0.496 e. The van der Waals surface area contributed by atoms with E-state index < -0.39 is 5.97 Å². The first-order chi connectivity index (χ1) is 11.4. The van der Waals surface area contributed by atoms with Crippen LogP contribution >= 0.6 is 0 Å². The topological polar surface area (TPSA) is 88.8 Å². The van der Waals surface area contributed by atoms with Crippen LogP contribution in [0.5, 0.6) is 5.75 Å². The number of carbonyl (C=O) groups excluding carboxylic acids is 1. The summed E-state index contributed by atoms with van der Waals surface area (Å²) >= 11 is 0. The van der Waals surface area contributed by atoms with Gasteiger partial charge in [-0.1, -0.05) is 0 Å². The molecule has 1 heterocycles. The summed E-state index contributed by atoms with van der Waals surface area (Å²) in [5.74, 6) is -0.502. The molecule has 128 valence electrons. The van der Waals surface area contributed by atoms with Crippen molar-refractivity contribution in [1.82, 2.24) is 5.32 Å². The van der Waals surface area contributed by atoms with Crippen LogP contribution in [0.1, 0.15) is 30.9 Å². The average Bonchev–Trinajstić information content (AvgIpc) is 2.90. The molecule has 0 atom stereocenters. The van der Waals surface area contributed by atoms with E-state index in [1.54, 1.807) is 19.4 Å². The predicted octanol–water partition coefficient (Wildman–Crippen LogP) is 3.13. The second-order valence-corrected chi connectivity index (χ2v) is 5.58. The maximum atomic E-state index is 12.0. The SMILES string of the molecule is COc1cc2occ(C)c2cc1/C(C)=C/C(=O)NCCCC(=O)O. The van der Waals surface area contributed by atoms with Crippen LogP contribution in [0.3, 0.4) is 0 Å². The number of amides is 1. The maximum absolute atomic E-state index is 12.0. The number of carboxylic acids is 1. The smallest absolute Gasteiger partial charge is 0.303 e. The van der Waals surface area contributed by atoms with Crippen LogP contribution in [-0.4, -0.2) is 30.6 Å². The Labute approximate surface area is 140 Å². The van der Waals surface area contributed by atoms with E-state index in [1.165, 1.54) is 6.08 Å². The van der Waals surface area contributed by atoms with E-state index in [4.69, 9.17) is 14.3 Å². The number of nitrogens with one attached hydrogen (secondary N) is 1. The molecule has 2 rings (SSSR count). The van der Waals surface area contributed by atoms with Crippen LogP contribution in [0.4, 0.5) is 0 Å². The Morgan fingerprint density at radius 1 is 1.38 bits per heavy atom. The quantitative estimate of drug-likeness (QED) is 0.601. The Morgan fingerprint density at radius 2 is 2.12 bits per heavy atom. The number of allylic oxidation sites excluding steroid dienone is 1. The number of aryl methyl sites for hydroxylation is 1. The monoisotopic (exact) mass is 331 g/mol. The van der Waals surface area contributed by atoms with Gasteiger partial charge in [-0.3, -0.25) is 9.59 Å². The lowest BCUT2D eigenvalue weighted by atomic mass is 10.0. The summed E-state index contributed by atoms with van der Waals surface area (Å²) in [6.07, 6.45) is 3.60. The van der Waals surface area contributed by atoms with Gasteiger partial charge < -0.3 is 19.6 Å². The van der Waals surface area contributed by atoms with Crippen LogP contribution in [0.15, 0.2) is 28.9 Å². The molecule has 6 nitrogen and oxygen atoms in total. The lowest BCUT2D eigenvalue weighted by molar-refractivity contribution is -0.137. The molecule has 0 spiro atoms. The van der Waals surface area contributed by atoms with Gasteiger partial charge in [-0.05, 0) is 37.5 Å². The van der Waals surface area contributed by atoms with E-state index in [2.05, 4.69) is 5.32 Å². The van der Waals surface area contributed by atoms with Gasteiger partial charge in [0.1, 0.15) is 11.3 Å². The number of carboxylic acid groups (broad SMARTS) is 1. The van der Waals surface area contributed by atoms with Gasteiger partial charge >= 0.3 is 5.97 Å². The van der Waals surface area contributed by atoms with Crippen LogP contribution in [0, 0.1) is 6.92 Å². The van der Waals surface area contributed by atoms with Crippen LogP contribution in [-0.2, 0) is 9.59 Å². The van der Waals surface area contributed by atoms with Crippen molar-refractivity contribution in [3.8, 4) is 5.75 Å². The van der Waals surface area contributed by atoms with Gasteiger partial charge in [0.05, 0.1) is 13.4 Å². The zero-order chi connectivity index (χ0) is 17.7. The third-order valence-corrected chi connectivity index (χ3v) is 3.73. The molecule has 0 bridgehead atoms. The lowest BCUT2D eigenvalue weighted by Crippen LogP contribution is -2.23. The van der Waals surface area contributed by atoms with Crippen molar-refractivity contribution in [3.05, 3.63) is 35.6 Å². The zero-order valence-corrected chi connectivity index (χ0v) is 14.0. The number of rotatable bonds is 7. The molecule has 1 aromatic carbocycles. The highest BCUT2D eigenvalue weighted by Gasteiger charge is 2.12. The molecule has 24 heavy (non-hydrogen) atoms. The molecular formula is C18H21NO5. The van der Waals surface area contributed by atoms with E-state index in [9.17, 15) is 9.59 Å². The molecule has 1 amide bonds. The highest BCUT2D eigenvalue weighted by Crippen LogP contribution is 2.33. The summed E-state index contributed by atoms with van der Waals surface area (Å²) in [7, 11) is 1.57. The second-order valence-electron chi connectivity index (χ2n) is 5.58. The fraction of sp³-hybridized carbons (Fsp3) is 0.333. The third kappa shape index (κ3) is 4.16. The van der Waals surface area contributed by atoms with E-state index in [0.29, 0.717) is 18.7 Å². The number of aliphatic carboxylic acids is 1. The van der Waals surface area contributed by atoms with Crippen molar-refractivity contribution in [2.75, 3.05) is 13.7 Å². The lowest BCUT2D eigenvalue weighted by Gasteiger charge is -2.10. The van der Waals surface area contributed by atoms with Crippen molar-refractivity contribution in [2.45, 2.75) is 26.7 Å². The van der Waals surface area contributed by atoms with Crippen molar-refractivity contribution in [1.29, 1.82) is 0 Å². The molecule has 2 aromatic rings. The summed E-state index contributed by atoms with van der Waals surface area (Å²) in [6.45, 7) is 4.11. The van der Waals surface area contributed by atoms with E-state index in [0.717, 1.165) is 27.7 Å². The second kappa shape index (κ2) is 7.68.